The number of benzene rings is 2. The molecule has 1 heterocycles. The van der Waals surface area contributed by atoms with Crippen molar-refractivity contribution in [2.45, 2.75) is 28.5 Å². The minimum Gasteiger partial charge on any atom is -0.382 e. The van der Waals surface area contributed by atoms with Crippen LogP contribution >= 0.6 is 0 Å². The number of hydrogen-bond donors (Lipinski definition) is 5. The second-order valence-corrected chi connectivity index (χ2v) is 11.8. The summed E-state index contributed by atoms with van der Waals surface area (Å²) in [6, 6.07) is 4.32. The zero-order valence-electron chi connectivity index (χ0n) is 19.1. The summed E-state index contributed by atoms with van der Waals surface area (Å²) in [4.78, 5) is 12.2. The number of pyridine rings is 1. The second-order valence-electron chi connectivity index (χ2n) is 7.57. The van der Waals surface area contributed by atoms with E-state index in [0.29, 0.717) is 18.2 Å². The number of nitriles is 1. The van der Waals surface area contributed by atoms with Crippen molar-refractivity contribution in [3.05, 3.63) is 35.4 Å². The maximum Gasteiger partial charge on any atom is 0.296 e. The minimum atomic E-state index is -5.14. The normalized spacial score (nSPS) is 12.5. The van der Waals surface area contributed by atoms with Crippen molar-refractivity contribution in [2.24, 2.45) is 10.2 Å². The van der Waals surface area contributed by atoms with Crippen molar-refractivity contribution in [1.82, 2.24) is 4.98 Å². The van der Waals surface area contributed by atoms with Crippen LogP contribution in [0.3, 0.4) is 0 Å². The minimum absolute atomic E-state index is 0.0677. The molecular weight excluding hydrogens is 568 g/mol. The molecule has 19 heteroatoms. The van der Waals surface area contributed by atoms with E-state index in [9.17, 15) is 49.0 Å². The van der Waals surface area contributed by atoms with Gasteiger partial charge in [-0.05, 0) is 36.6 Å². The number of nitrogen functional groups attached to an aromatic ring is 1. The number of fused-ring (bicyclic) bond motifs is 1. The van der Waals surface area contributed by atoms with Gasteiger partial charge in [-0.15, -0.1) is 10.2 Å². The molecule has 2 aromatic carbocycles. The van der Waals surface area contributed by atoms with E-state index in [0.717, 1.165) is 6.07 Å². The van der Waals surface area contributed by atoms with E-state index in [1.165, 1.54) is 13.8 Å². The number of anilines is 2. The average molecular weight is 585 g/mol. The molecule has 0 saturated heterocycles. The molecule has 0 aliphatic rings. The van der Waals surface area contributed by atoms with Crippen molar-refractivity contribution in [2.75, 3.05) is 11.1 Å². The molecule has 16 nitrogen and oxygen atoms in total. The van der Waals surface area contributed by atoms with Gasteiger partial charge in [0.2, 0.25) is 5.91 Å². The second kappa shape index (κ2) is 9.67. The van der Waals surface area contributed by atoms with Crippen molar-refractivity contribution in [1.29, 1.82) is 5.26 Å². The first kappa shape index (κ1) is 28.5. The quantitative estimate of drug-likeness (QED) is 0.205. The lowest BCUT2D eigenvalue weighted by Crippen LogP contribution is -2.11. The van der Waals surface area contributed by atoms with Crippen LogP contribution in [-0.4, -0.2) is 49.8 Å². The predicted molar refractivity (Wildman–Crippen MR) is 130 cm³/mol. The molecular formula is C19H16N6O10S3. The van der Waals surface area contributed by atoms with Crippen molar-refractivity contribution < 1.29 is 43.7 Å². The number of hydrogen-bond acceptors (Lipinski definition) is 12. The monoisotopic (exact) mass is 584 g/mol. The van der Waals surface area contributed by atoms with E-state index in [1.54, 1.807) is 6.07 Å². The molecule has 1 amide bonds. The van der Waals surface area contributed by atoms with Gasteiger partial charge >= 0.3 is 0 Å². The molecule has 0 atom stereocenters. The lowest BCUT2D eigenvalue weighted by molar-refractivity contribution is -0.114. The largest absolute Gasteiger partial charge is 0.382 e. The Kier molecular flexibility index (Phi) is 7.26. The highest BCUT2D eigenvalue weighted by Crippen LogP contribution is 2.38. The van der Waals surface area contributed by atoms with Crippen molar-refractivity contribution in [3.63, 3.8) is 0 Å². The first-order valence-electron chi connectivity index (χ1n) is 9.78. The maximum atomic E-state index is 12.1. The molecule has 0 unspecified atom stereocenters. The summed E-state index contributed by atoms with van der Waals surface area (Å²) in [5.41, 5.74) is 4.84. The molecule has 0 saturated carbocycles. The van der Waals surface area contributed by atoms with Gasteiger partial charge in [0.15, 0.2) is 11.6 Å². The number of amides is 1. The van der Waals surface area contributed by atoms with Crippen LogP contribution in [0, 0.1) is 18.3 Å². The molecule has 0 aliphatic carbocycles. The molecule has 0 fully saturated rings. The highest BCUT2D eigenvalue weighted by atomic mass is 32.2. The lowest BCUT2D eigenvalue weighted by Gasteiger charge is -2.11. The van der Waals surface area contributed by atoms with Crippen molar-refractivity contribution >= 4 is 70.0 Å². The third-order valence-electron chi connectivity index (χ3n) is 4.93. The number of azo groups is 1. The number of nitrogens with two attached hydrogens (primary N) is 1. The van der Waals surface area contributed by atoms with Crippen LogP contribution in [0.2, 0.25) is 0 Å². The molecule has 6 N–H and O–H groups in total. The highest BCUT2D eigenvalue weighted by Gasteiger charge is 2.25. The molecule has 0 radical (unpaired) electrons. The predicted octanol–water partition coefficient (Wildman–Crippen LogP) is 2.11. The van der Waals surface area contributed by atoms with Crippen LogP contribution in [0.25, 0.3) is 10.8 Å². The SMILES string of the molecule is CC(=O)Nc1nc(N)c(/N=N/c2cc3c(S(=O)(=O)O)cc(S(=O)(=O)O)cc3cc2S(=O)(=O)O)c(C)c1C#N. The fourth-order valence-corrected chi connectivity index (χ4v) is 5.30. The van der Waals surface area contributed by atoms with Gasteiger partial charge in [-0.2, -0.15) is 30.5 Å². The number of nitrogens with one attached hydrogen (secondary N) is 1. The fraction of sp³-hybridized carbons (Fsp3) is 0.105. The summed E-state index contributed by atoms with van der Waals surface area (Å²) in [5, 5.41) is 18.4. The van der Waals surface area contributed by atoms with Gasteiger partial charge in [-0.3, -0.25) is 18.5 Å². The molecule has 0 aliphatic heterocycles. The number of carbonyl (C=O) groups is 1. The average Bonchev–Trinajstić information content (AvgIpc) is 2.75. The fourth-order valence-electron chi connectivity index (χ4n) is 3.31. The Morgan fingerprint density at radius 1 is 0.974 bits per heavy atom. The van der Waals surface area contributed by atoms with Gasteiger partial charge in [-0.25, -0.2) is 4.98 Å². The summed E-state index contributed by atoms with van der Waals surface area (Å²) >= 11 is 0. The highest BCUT2D eigenvalue weighted by molar-refractivity contribution is 7.87. The van der Waals surface area contributed by atoms with Gasteiger partial charge in [-0.1, -0.05) is 0 Å². The Morgan fingerprint density at radius 2 is 1.58 bits per heavy atom. The van der Waals surface area contributed by atoms with Crippen LogP contribution in [0.4, 0.5) is 23.0 Å². The van der Waals surface area contributed by atoms with E-state index in [4.69, 9.17) is 5.73 Å². The third kappa shape index (κ3) is 5.75. The van der Waals surface area contributed by atoms with Gasteiger partial charge < -0.3 is 11.1 Å². The molecule has 0 spiro atoms. The van der Waals surface area contributed by atoms with Crippen LogP contribution in [-0.2, 0) is 35.1 Å². The van der Waals surface area contributed by atoms with E-state index in [2.05, 4.69) is 20.5 Å². The van der Waals surface area contributed by atoms with Crippen LogP contribution < -0.4 is 11.1 Å². The number of rotatable bonds is 6. The molecule has 3 rings (SSSR count). The summed E-state index contributed by atoms with van der Waals surface area (Å²) in [7, 11) is -15.3. The Morgan fingerprint density at radius 3 is 2.08 bits per heavy atom. The summed E-state index contributed by atoms with van der Waals surface area (Å²) < 4.78 is 99.8. The Balaban J connectivity index is 2.37. The van der Waals surface area contributed by atoms with E-state index in [1.807, 2.05) is 0 Å². The van der Waals surface area contributed by atoms with Crippen LogP contribution in [0.5, 0.6) is 0 Å². The molecule has 0 bridgehead atoms. The molecule has 3 aromatic rings. The Labute approximate surface area is 215 Å². The number of carbonyl (C=O) groups excluding carboxylic acids is 1. The smallest absolute Gasteiger partial charge is 0.296 e. The summed E-state index contributed by atoms with van der Waals surface area (Å²) in [5.74, 6) is -1.08. The zero-order valence-corrected chi connectivity index (χ0v) is 21.5. The van der Waals surface area contributed by atoms with Crippen molar-refractivity contribution in [3.8, 4) is 6.07 Å². The molecule has 38 heavy (non-hydrogen) atoms. The zero-order chi connectivity index (χ0) is 28.8. The van der Waals surface area contributed by atoms with Gasteiger partial charge in [0, 0.05) is 17.9 Å². The first-order chi connectivity index (χ1) is 17.3. The Bertz CT molecular complexity index is 1930. The van der Waals surface area contributed by atoms with Gasteiger partial charge in [0.1, 0.15) is 32.8 Å². The third-order valence-corrected chi connectivity index (χ3v) is 7.54. The number of nitrogens with zero attached hydrogens (tertiary/aromatic N) is 4. The van der Waals surface area contributed by atoms with Crippen LogP contribution in [0.1, 0.15) is 18.1 Å². The first-order valence-corrected chi connectivity index (χ1v) is 14.1. The summed E-state index contributed by atoms with van der Waals surface area (Å²) in [6.07, 6.45) is 0. The standard InChI is InChI=1S/C19H16N6O10S3/c1-8-13(7-20)19(22-9(2)26)23-18(21)17(8)25-24-14-6-12-10(4-16(14)38(33,34)35)3-11(36(27,28)29)5-15(12)37(30,31)32/h3-6H,1-2H3,(H,27,28,29)(H,30,31,32)(H,33,34,35)(H3,21,22,23,26)/b25-24+. The van der Waals surface area contributed by atoms with E-state index >= 15 is 0 Å². The Hall–Kier alpha value is -4.06. The number of aromatic nitrogens is 1. The van der Waals surface area contributed by atoms with E-state index in [-0.39, 0.29) is 28.5 Å². The topological polar surface area (TPSA) is 280 Å². The van der Waals surface area contributed by atoms with Gasteiger partial charge in [0.05, 0.1) is 4.90 Å². The van der Waals surface area contributed by atoms with Gasteiger partial charge in [0.25, 0.3) is 30.4 Å². The molecule has 1 aromatic heterocycles. The summed E-state index contributed by atoms with van der Waals surface area (Å²) in [6.45, 7) is 2.53. The molecule has 200 valence electrons. The lowest BCUT2D eigenvalue weighted by atomic mass is 10.1. The van der Waals surface area contributed by atoms with Crippen LogP contribution in [0.15, 0.2) is 49.2 Å². The maximum absolute atomic E-state index is 12.1. The van der Waals surface area contributed by atoms with E-state index < -0.39 is 67.4 Å².